The fraction of sp³-hybridized carbons (Fsp3) is 0.100. The molecular weight excluding hydrogens is 268 g/mol. The van der Waals surface area contributed by atoms with Gasteiger partial charge in [0, 0.05) is 24.5 Å². The Kier molecular flexibility index (Phi) is 4.73. The molecule has 0 unspecified atom stereocenters. The zero-order valence-electron chi connectivity index (χ0n) is 12.4. The lowest BCUT2D eigenvalue weighted by Gasteiger charge is -2.10. The molecule has 3 aromatic carbocycles. The predicted octanol–water partition coefficient (Wildman–Crippen LogP) is 4.71. The van der Waals surface area contributed by atoms with E-state index >= 15 is 0 Å². The first-order valence-electron chi connectivity index (χ1n) is 7.47. The van der Waals surface area contributed by atoms with Crippen LogP contribution in [0.5, 0.6) is 0 Å². The first-order chi connectivity index (χ1) is 10.9. The van der Waals surface area contributed by atoms with Crippen molar-refractivity contribution in [2.24, 2.45) is 0 Å². The number of anilines is 2. The molecule has 0 fully saturated rings. The average molecular weight is 287 g/mol. The lowest BCUT2D eigenvalue weighted by atomic mass is 10.2. The van der Waals surface area contributed by atoms with Crippen LogP contribution in [0.25, 0.3) is 0 Å². The molecule has 3 aromatic rings. The van der Waals surface area contributed by atoms with E-state index in [0.717, 1.165) is 24.5 Å². The zero-order valence-corrected chi connectivity index (χ0v) is 12.4. The van der Waals surface area contributed by atoms with Crippen molar-refractivity contribution < 1.29 is 0 Å². The topological polar surface area (TPSA) is 24.1 Å². The molecule has 0 amide bonds. The van der Waals surface area contributed by atoms with Crippen LogP contribution in [0.4, 0.5) is 11.4 Å². The minimum absolute atomic E-state index is 0.816. The molecule has 0 aliphatic rings. The summed E-state index contributed by atoms with van der Waals surface area (Å²) in [5.41, 5.74) is 4.68. The summed E-state index contributed by atoms with van der Waals surface area (Å²) in [6, 6.07) is 30.0. The van der Waals surface area contributed by atoms with E-state index in [9.17, 15) is 0 Å². The molecule has 1 radical (unpaired) electrons. The number of nitrogens with one attached hydrogen (secondary N) is 2. The first-order valence-corrected chi connectivity index (χ1v) is 7.47. The van der Waals surface area contributed by atoms with E-state index in [4.69, 9.17) is 0 Å². The Bertz CT molecular complexity index is 634. The highest BCUT2D eigenvalue weighted by Crippen LogP contribution is 2.16. The molecule has 0 bridgehead atoms. The molecule has 0 saturated carbocycles. The van der Waals surface area contributed by atoms with E-state index in [0.29, 0.717) is 0 Å². The van der Waals surface area contributed by atoms with Crippen LogP contribution in [-0.2, 0) is 13.1 Å². The van der Waals surface area contributed by atoms with Gasteiger partial charge in [-0.05, 0) is 35.4 Å². The van der Waals surface area contributed by atoms with Crippen molar-refractivity contribution in [3.63, 3.8) is 0 Å². The summed E-state index contributed by atoms with van der Waals surface area (Å²) in [5.74, 6) is 0. The van der Waals surface area contributed by atoms with E-state index in [1.165, 1.54) is 11.1 Å². The van der Waals surface area contributed by atoms with Crippen LogP contribution < -0.4 is 10.6 Å². The van der Waals surface area contributed by atoms with Gasteiger partial charge < -0.3 is 10.6 Å². The maximum atomic E-state index is 3.43. The van der Waals surface area contributed by atoms with Crippen LogP contribution in [0.1, 0.15) is 11.1 Å². The molecule has 0 heterocycles. The standard InChI is InChI=1S/C20H19N2/c1-3-8-17(9-4-1)15-21-19-12-7-13-20(14-19)22-16-18-10-5-2-6-11-18/h1-6,8-14,21-22H,15-16H2. The minimum atomic E-state index is 0.816. The second-order valence-electron chi connectivity index (χ2n) is 5.19. The quantitative estimate of drug-likeness (QED) is 0.686. The van der Waals surface area contributed by atoms with Gasteiger partial charge in [0.15, 0.2) is 0 Å². The molecule has 2 nitrogen and oxygen atoms in total. The van der Waals surface area contributed by atoms with Gasteiger partial charge in [-0.2, -0.15) is 0 Å². The molecule has 0 aliphatic carbocycles. The predicted molar refractivity (Wildman–Crippen MR) is 92.8 cm³/mol. The molecule has 2 heteroatoms. The summed E-state index contributed by atoms with van der Waals surface area (Å²) < 4.78 is 0. The monoisotopic (exact) mass is 287 g/mol. The molecule has 22 heavy (non-hydrogen) atoms. The molecule has 2 N–H and O–H groups in total. The van der Waals surface area contributed by atoms with Crippen LogP contribution in [-0.4, -0.2) is 0 Å². The average Bonchev–Trinajstić information content (AvgIpc) is 2.60. The number of rotatable bonds is 6. The molecule has 109 valence electrons. The van der Waals surface area contributed by atoms with Crippen molar-refractivity contribution in [3.8, 4) is 0 Å². The van der Waals surface area contributed by atoms with Crippen LogP contribution in [0.3, 0.4) is 0 Å². The van der Waals surface area contributed by atoms with Gasteiger partial charge in [0.05, 0.1) is 0 Å². The van der Waals surface area contributed by atoms with Gasteiger partial charge in [0.1, 0.15) is 0 Å². The minimum Gasteiger partial charge on any atom is -0.381 e. The van der Waals surface area contributed by atoms with Crippen LogP contribution in [0, 0.1) is 6.07 Å². The molecule has 0 aromatic heterocycles. The van der Waals surface area contributed by atoms with Crippen molar-refractivity contribution >= 4 is 11.4 Å². The fourth-order valence-electron chi connectivity index (χ4n) is 2.28. The Labute approximate surface area is 131 Å². The largest absolute Gasteiger partial charge is 0.381 e. The van der Waals surface area contributed by atoms with Crippen molar-refractivity contribution in [3.05, 3.63) is 96.1 Å². The van der Waals surface area contributed by atoms with E-state index in [-0.39, 0.29) is 0 Å². The smallest absolute Gasteiger partial charge is 0.0400 e. The van der Waals surface area contributed by atoms with Crippen molar-refractivity contribution in [2.75, 3.05) is 10.6 Å². The number of hydrogen-bond acceptors (Lipinski definition) is 2. The third-order valence-electron chi connectivity index (χ3n) is 3.47. The van der Waals surface area contributed by atoms with Crippen LogP contribution >= 0.6 is 0 Å². The van der Waals surface area contributed by atoms with Gasteiger partial charge in [-0.15, -0.1) is 0 Å². The fourth-order valence-corrected chi connectivity index (χ4v) is 2.28. The lowest BCUT2D eigenvalue weighted by molar-refractivity contribution is 1.13. The Balaban J connectivity index is 1.58. The molecule has 0 spiro atoms. The van der Waals surface area contributed by atoms with Crippen molar-refractivity contribution in [1.29, 1.82) is 0 Å². The normalized spacial score (nSPS) is 10.2. The van der Waals surface area contributed by atoms with E-state index < -0.39 is 0 Å². The van der Waals surface area contributed by atoms with Gasteiger partial charge in [-0.25, -0.2) is 0 Å². The van der Waals surface area contributed by atoms with Crippen molar-refractivity contribution in [1.82, 2.24) is 0 Å². The molecular formula is C20H19N2. The molecule has 0 aliphatic heterocycles. The van der Waals surface area contributed by atoms with Gasteiger partial charge in [0.2, 0.25) is 0 Å². The van der Waals surface area contributed by atoms with E-state index in [1.807, 2.05) is 24.3 Å². The SMILES string of the molecule is [c]1cc(NCc2ccccc2)cc(NCc2ccccc2)c1. The Morgan fingerprint density at radius 1 is 0.636 bits per heavy atom. The highest BCUT2D eigenvalue weighted by atomic mass is 14.9. The third kappa shape index (κ3) is 4.13. The van der Waals surface area contributed by atoms with E-state index in [2.05, 4.69) is 71.3 Å². The maximum Gasteiger partial charge on any atom is 0.0400 e. The van der Waals surface area contributed by atoms with Gasteiger partial charge in [0.25, 0.3) is 0 Å². The number of benzene rings is 3. The van der Waals surface area contributed by atoms with Gasteiger partial charge >= 0.3 is 0 Å². The maximum absolute atomic E-state index is 3.43. The Hall–Kier alpha value is -2.74. The van der Waals surface area contributed by atoms with Gasteiger partial charge in [-0.1, -0.05) is 60.7 Å². The molecule has 0 saturated heterocycles. The first kappa shape index (κ1) is 14.2. The van der Waals surface area contributed by atoms with Crippen molar-refractivity contribution in [2.45, 2.75) is 13.1 Å². The summed E-state index contributed by atoms with van der Waals surface area (Å²) in [6.07, 6.45) is 0. The third-order valence-corrected chi connectivity index (χ3v) is 3.47. The molecule has 0 atom stereocenters. The highest BCUT2D eigenvalue weighted by molar-refractivity contribution is 5.56. The van der Waals surface area contributed by atoms with Gasteiger partial charge in [-0.3, -0.25) is 0 Å². The lowest BCUT2D eigenvalue weighted by Crippen LogP contribution is -2.02. The zero-order chi connectivity index (χ0) is 15.0. The Morgan fingerprint density at radius 2 is 1.09 bits per heavy atom. The van der Waals surface area contributed by atoms with Crippen LogP contribution in [0.2, 0.25) is 0 Å². The highest BCUT2D eigenvalue weighted by Gasteiger charge is 1.97. The van der Waals surface area contributed by atoms with E-state index in [1.54, 1.807) is 0 Å². The molecule has 3 rings (SSSR count). The summed E-state index contributed by atoms with van der Waals surface area (Å²) in [6.45, 7) is 1.63. The second-order valence-corrected chi connectivity index (χ2v) is 5.19. The Morgan fingerprint density at radius 3 is 1.55 bits per heavy atom. The summed E-state index contributed by atoms with van der Waals surface area (Å²) >= 11 is 0. The second kappa shape index (κ2) is 7.32. The summed E-state index contributed by atoms with van der Waals surface area (Å²) in [4.78, 5) is 0. The number of hydrogen-bond donors (Lipinski definition) is 2. The van der Waals surface area contributed by atoms with Crippen LogP contribution in [0.15, 0.2) is 78.9 Å². The summed E-state index contributed by atoms with van der Waals surface area (Å²) in [5, 5.41) is 6.86. The summed E-state index contributed by atoms with van der Waals surface area (Å²) in [7, 11) is 0.